The first-order chi connectivity index (χ1) is 6.61. The SMILES string of the molecule is CNC1[C](C)C(NC)(NC)CC=C1C. The Morgan fingerprint density at radius 1 is 1.21 bits per heavy atom. The molecule has 3 heteroatoms. The Labute approximate surface area is 87.3 Å². The van der Waals surface area contributed by atoms with Crippen molar-refractivity contribution in [2.75, 3.05) is 21.1 Å². The standard InChI is InChI=1S/C11H22N3/c1-8-6-7-11(13-4,14-5)9(2)10(8)12-3/h6,10,12-14H,7H2,1-5H3. The third-order valence-corrected chi connectivity index (χ3v) is 3.43. The maximum atomic E-state index is 3.37. The van der Waals surface area contributed by atoms with Crippen molar-refractivity contribution >= 4 is 0 Å². The highest BCUT2D eigenvalue weighted by atomic mass is 15.2. The summed E-state index contributed by atoms with van der Waals surface area (Å²) in [5.74, 6) is 1.41. The Kier molecular flexibility index (Phi) is 3.70. The lowest BCUT2D eigenvalue weighted by atomic mass is 9.77. The molecule has 0 saturated heterocycles. The molecule has 0 aromatic rings. The van der Waals surface area contributed by atoms with Gasteiger partial charge in [-0.05, 0) is 34.5 Å². The van der Waals surface area contributed by atoms with Crippen LogP contribution in [0.3, 0.4) is 0 Å². The predicted octanol–water partition coefficient (Wildman–Crippen LogP) is 0.654. The van der Waals surface area contributed by atoms with Crippen molar-refractivity contribution in [3.8, 4) is 0 Å². The van der Waals surface area contributed by atoms with Crippen LogP contribution in [0.2, 0.25) is 0 Å². The molecule has 0 saturated carbocycles. The summed E-state index contributed by atoms with van der Waals surface area (Å²) in [6, 6.07) is 0.378. The number of hydrogen-bond donors (Lipinski definition) is 3. The van der Waals surface area contributed by atoms with Gasteiger partial charge in [-0.15, -0.1) is 0 Å². The zero-order valence-electron chi connectivity index (χ0n) is 9.86. The zero-order valence-corrected chi connectivity index (χ0v) is 9.86. The average Bonchev–Trinajstić information content (AvgIpc) is 2.20. The van der Waals surface area contributed by atoms with Crippen molar-refractivity contribution < 1.29 is 0 Å². The van der Waals surface area contributed by atoms with E-state index in [9.17, 15) is 0 Å². The third kappa shape index (κ3) is 1.72. The molecule has 0 bridgehead atoms. The molecular formula is C11H22N3. The largest absolute Gasteiger partial charge is 0.313 e. The van der Waals surface area contributed by atoms with Crippen molar-refractivity contribution in [1.82, 2.24) is 16.0 Å². The van der Waals surface area contributed by atoms with E-state index in [1.807, 2.05) is 21.1 Å². The third-order valence-electron chi connectivity index (χ3n) is 3.43. The number of hydrogen-bond acceptors (Lipinski definition) is 3. The fraction of sp³-hybridized carbons (Fsp3) is 0.727. The van der Waals surface area contributed by atoms with E-state index in [1.165, 1.54) is 11.5 Å². The predicted molar refractivity (Wildman–Crippen MR) is 61.0 cm³/mol. The van der Waals surface area contributed by atoms with Gasteiger partial charge in [0.2, 0.25) is 0 Å². The van der Waals surface area contributed by atoms with Gasteiger partial charge in [-0.2, -0.15) is 0 Å². The molecule has 0 aliphatic heterocycles. The maximum absolute atomic E-state index is 3.37. The molecule has 81 valence electrons. The molecule has 1 rings (SSSR count). The first-order valence-electron chi connectivity index (χ1n) is 5.17. The summed E-state index contributed by atoms with van der Waals surface area (Å²) in [5, 5.41) is 10.1. The Balaban J connectivity index is 2.94. The van der Waals surface area contributed by atoms with Gasteiger partial charge < -0.3 is 16.0 Å². The first-order valence-corrected chi connectivity index (χ1v) is 5.17. The second-order valence-corrected chi connectivity index (χ2v) is 3.96. The van der Waals surface area contributed by atoms with Crippen molar-refractivity contribution in [3.63, 3.8) is 0 Å². The summed E-state index contributed by atoms with van der Waals surface area (Å²) < 4.78 is 0. The summed E-state index contributed by atoms with van der Waals surface area (Å²) in [6.45, 7) is 4.38. The van der Waals surface area contributed by atoms with E-state index >= 15 is 0 Å². The van der Waals surface area contributed by atoms with Gasteiger partial charge in [-0.3, -0.25) is 0 Å². The number of likely N-dealkylation sites (N-methyl/N-ethyl adjacent to an activating group) is 1. The van der Waals surface area contributed by atoms with Crippen molar-refractivity contribution in [3.05, 3.63) is 17.6 Å². The topological polar surface area (TPSA) is 36.1 Å². The zero-order chi connectivity index (χ0) is 10.8. The normalized spacial score (nSPS) is 27.5. The van der Waals surface area contributed by atoms with Crippen LogP contribution in [-0.4, -0.2) is 32.8 Å². The highest BCUT2D eigenvalue weighted by molar-refractivity contribution is 5.31. The van der Waals surface area contributed by atoms with Gasteiger partial charge in [-0.1, -0.05) is 18.6 Å². The average molecular weight is 196 g/mol. The van der Waals surface area contributed by atoms with E-state index in [2.05, 4.69) is 35.9 Å². The molecule has 0 spiro atoms. The minimum atomic E-state index is -0.0484. The lowest BCUT2D eigenvalue weighted by Crippen LogP contribution is -2.63. The molecule has 3 nitrogen and oxygen atoms in total. The number of nitrogens with one attached hydrogen (secondary N) is 3. The van der Waals surface area contributed by atoms with E-state index in [0.29, 0.717) is 6.04 Å². The summed E-state index contributed by atoms with van der Waals surface area (Å²) in [5.41, 5.74) is 1.36. The number of rotatable bonds is 3. The Hall–Kier alpha value is -0.380. The molecule has 0 aromatic heterocycles. The van der Waals surface area contributed by atoms with E-state index in [0.717, 1.165) is 6.42 Å². The maximum Gasteiger partial charge on any atom is 0.0798 e. The van der Waals surface area contributed by atoms with Crippen LogP contribution >= 0.6 is 0 Å². The smallest absolute Gasteiger partial charge is 0.0798 e. The Morgan fingerprint density at radius 3 is 2.21 bits per heavy atom. The van der Waals surface area contributed by atoms with Gasteiger partial charge in [0.25, 0.3) is 0 Å². The summed E-state index contributed by atoms with van der Waals surface area (Å²) in [7, 11) is 6.01. The second kappa shape index (κ2) is 4.43. The molecule has 1 aliphatic carbocycles. The molecule has 1 radical (unpaired) electrons. The van der Waals surface area contributed by atoms with Gasteiger partial charge >= 0.3 is 0 Å². The summed E-state index contributed by atoms with van der Waals surface area (Å²) in [4.78, 5) is 0. The second-order valence-electron chi connectivity index (χ2n) is 3.96. The first kappa shape index (κ1) is 11.7. The molecule has 0 amide bonds. The fourth-order valence-electron chi connectivity index (χ4n) is 2.35. The van der Waals surface area contributed by atoms with Crippen molar-refractivity contribution in [2.45, 2.75) is 32.0 Å². The molecule has 14 heavy (non-hydrogen) atoms. The van der Waals surface area contributed by atoms with E-state index in [4.69, 9.17) is 0 Å². The van der Waals surface area contributed by atoms with Gasteiger partial charge in [0.15, 0.2) is 0 Å². The highest BCUT2D eigenvalue weighted by Gasteiger charge is 2.40. The minimum Gasteiger partial charge on any atom is -0.313 e. The van der Waals surface area contributed by atoms with Crippen molar-refractivity contribution in [1.29, 1.82) is 0 Å². The lowest BCUT2D eigenvalue weighted by molar-refractivity contribution is 0.277. The Morgan fingerprint density at radius 2 is 1.79 bits per heavy atom. The lowest BCUT2D eigenvalue weighted by Gasteiger charge is -2.45. The minimum absolute atomic E-state index is 0.0484. The monoisotopic (exact) mass is 196 g/mol. The fourth-order valence-corrected chi connectivity index (χ4v) is 2.35. The van der Waals surface area contributed by atoms with Crippen LogP contribution in [0.4, 0.5) is 0 Å². The molecule has 0 aromatic carbocycles. The van der Waals surface area contributed by atoms with Crippen LogP contribution in [0.5, 0.6) is 0 Å². The van der Waals surface area contributed by atoms with E-state index < -0.39 is 0 Å². The van der Waals surface area contributed by atoms with Crippen molar-refractivity contribution in [2.24, 2.45) is 0 Å². The quantitative estimate of drug-likeness (QED) is 0.458. The van der Waals surface area contributed by atoms with Gasteiger partial charge in [-0.25, -0.2) is 0 Å². The molecule has 0 heterocycles. The summed E-state index contributed by atoms with van der Waals surface area (Å²) >= 11 is 0. The van der Waals surface area contributed by atoms with Crippen LogP contribution in [0.25, 0.3) is 0 Å². The van der Waals surface area contributed by atoms with Crippen LogP contribution in [0, 0.1) is 5.92 Å². The highest BCUT2D eigenvalue weighted by Crippen LogP contribution is 2.32. The van der Waals surface area contributed by atoms with E-state index in [-0.39, 0.29) is 5.66 Å². The molecule has 3 N–H and O–H groups in total. The van der Waals surface area contributed by atoms with Crippen LogP contribution in [-0.2, 0) is 0 Å². The molecular weight excluding hydrogens is 174 g/mol. The summed E-state index contributed by atoms with van der Waals surface area (Å²) in [6.07, 6.45) is 3.30. The molecule has 0 fully saturated rings. The van der Waals surface area contributed by atoms with Gasteiger partial charge in [0.05, 0.1) is 5.66 Å². The molecule has 1 atom stereocenters. The van der Waals surface area contributed by atoms with Gasteiger partial charge in [0, 0.05) is 12.0 Å². The van der Waals surface area contributed by atoms with Crippen LogP contribution < -0.4 is 16.0 Å². The van der Waals surface area contributed by atoms with Gasteiger partial charge in [0.1, 0.15) is 0 Å². The van der Waals surface area contributed by atoms with Crippen LogP contribution in [0.1, 0.15) is 20.3 Å². The van der Waals surface area contributed by atoms with E-state index in [1.54, 1.807) is 0 Å². The van der Waals surface area contributed by atoms with Crippen LogP contribution in [0.15, 0.2) is 11.6 Å². The molecule has 1 aliphatic rings. The molecule has 1 unspecified atom stereocenters. The Bertz CT molecular complexity index is 219.